The molecule has 18 aromatic carbocycles. The van der Waals surface area contributed by atoms with Crippen molar-refractivity contribution >= 4 is 122 Å². The average molecular weight is 1460 g/mol. The summed E-state index contributed by atoms with van der Waals surface area (Å²) in [6.45, 7) is 0. The highest BCUT2D eigenvalue weighted by Crippen LogP contribution is 2.47. The summed E-state index contributed by atoms with van der Waals surface area (Å²) in [6, 6.07) is 150. The van der Waals surface area contributed by atoms with E-state index >= 15 is 0 Å². The van der Waals surface area contributed by atoms with Crippen LogP contribution in [0.1, 0.15) is 0 Å². The van der Waals surface area contributed by atoms with Crippen LogP contribution in [0.5, 0.6) is 0 Å². The van der Waals surface area contributed by atoms with Crippen LogP contribution in [0.4, 0.5) is 34.1 Å². The van der Waals surface area contributed by atoms with E-state index < -0.39 is 0 Å². The van der Waals surface area contributed by atoms with Crippen molar-refractivity contribution in [3.05, 3.63) is 425 Å². The third-order valence-electron chi connectivity index (χ3n) is 22.2. The van der Waals surface area contributed by atoms with Gasteiger partial charge in [0, 0.05) is 99.5 Å². The van der Waals surface area contributed by atoms with Gasteiger partial charge in [0.1, 0.15) is 44.7 Å². The third kappa shape index (κ3) is 12.3. The molecule has 0 saturated heterocycles. The highest BCUT2D eigenvalue weighted by atomic mass is 16.3. The van der Waals surface area contributed by atoms with Crippen LogP contribution in [-0.2, 0) is 0 Å². The zero-order chi connectivity index (χ0) is 75.4. The van der Waals surface area contributed by atoms with Crippen molar-refractivity contribution in [2.24, 2.45) is 0 Å². The lowest BCUT2D eigenvalue weighted by atomic mass is 9.97. The Balaban J connectivity index is 0.000000143. The number of hydrogen-bond donors (Lipinski definition) is 0. The van der Waals surface area contributed by atoms with Gasteiger partial charge in [-0.15, -0.1) is 0 Å². The summed E-state index contributed by atoms with van der Waals surface area (Å²) in [5, 5.41) is 9.02. The molecular formula is C108H70N2O4. The second-order valence-corrected chi connectivity index (χ2v) is 29.0. The number of rotatable bonds is 14. The lowest BCUT2D eigenvalue weighted by Crippen LogP contribution is -2.10. The van der Waals surface area contributed by atoms with Crippen molar-refractivity contribution in [2.75, 3.05) is 9.80 Å². The highest BCUT2D eigenvalue weighted by molar-refractivity contribution is 6.13. The summed E-state index contributed by atoms with van der Waals surface area (Å²) >= 11 is 0. The first-order valence-corrected chi connectivity index (χ1v) is 38.7. The van der Waals surface area contributed by atoms with E-state index in [4.69, 9.17) is 17.7 Å². The van der Waals surface area contributed by atoms with Crippen LogP contribution < -0.4 is 9.80 Å². The molecule has 536 valence electrons. The second kappa shape index (κ2) is 28.6. The summed E-state index contributed by atoms with van der Waals surface area (Å²) < 4.78 is 25.7. The van der Waals surface area contributed by atoms with Gasteiger partial charge in [0.25, 0.3) is 0 Å². The maximum absolute atomic E-state index is 6.44. The van der Waals surface area contributed by atoms with Crippen molar-refractivity contribution in [3.8, 4) is 89.0 Å². The van der Waals surface area contributed by atoms with E-state index in [9.17, 15) is 0 Å². The smallest absolute Gasteiger partial charge is 0.143 e. The van der Waals surface area contributed by atoms with Gasteiger partial charge in [-0.25, -0.2) is 0 Å². The van der Waals surface area contributed by atoms with E-state index in [1.807, 2.05) is 48.5 Å². The highest BCUT2D eigenvalue weighted by Gasteiger charge is 2.22. The van der Waals surface area contributed by atoms with E-state index in [-0.39, 0.29) is 0 Å². The fourth-order valence-corrected chi connectivity index (χ4v) is 16.6. The van der Waals surface area contributed by atoms with Crippen molar-refractivity contribution in [1.29, 1.82) is 0 Å². The Hall–Kier alpha value is -15.2. The monoisotopic (exact) mass is 1460 g/mol. The van der Waals surface area contributed by atoms with Crippen LogP contribution in [-0.4, -0.2) is 0 Å². The third-order valence-corrected chi connectivity index (χ3v) is 22.2. The molecule has 0 radical (unpaired) electrons. The minimum absolute atomic E-state index is 0.898. The first-order valence-electron chi connectivity index (χ1n) is 38.7. The van der Waals surface area contributed by atoms with E-state index in [2.05, 4.69) is 386 Å². The fourth-order valence-electron chi connectivity index (χ4n) is 16.6. The van der Waals surface area contributed by atoms with Crippen molar-refractivity contribution < 1.29 is 17.7 Å². The molecule has 0 unspecified atom stereocenters. The molecule has 6 heteroatoms. The first kappa shape index (κ1) is 66.9. The molecule has 114 heavy (non-hydrogen) atoms. The van der Waals surface area contributed by atoms with Crippen molar-refractivity contribution in [1.82, 2.24) is 0 Å². The molecule has 0 aliphatic carbocycles. The number of furan rings is 4. The van der Waals surface area contributed by atoms with Gasteiger partial charge in [-0.3, -0.25) is 0 Å². The first-order chi connectivity index (χ1) is 56.5. The lowest BCUT2D eigenvalue weighted by molar-refractivity contribution is 0.669. The maximum atomic E-state index is 6.44. The predicted molar refractivity (Wildman–Crippen MR) is 475 cm³/mol. The van der Waals surface area contributed by atoms with E-state index in [1.54, 1.807) is 0 Å². The van der Waals surface area contributed by atoms with Gasteiger partial charge in [-0.2, -0.15) is 0 Å². The average Bonchev–Trinajstić information content (AvgIpc) is 1.63. The number of nitrogens with zero attached hydrogens (tertiary/aromatic N) is 2. The maximum Gasteiger partial charge on any atom is 0.143 e. The predicted octanol–water partition coefficient (Wildman–Crippen LogP) is 31.2. The molecule has 22 rings (SSSR count). The Morgan fingerprint density at radius 3 is 0.605 bits per heavy atom. The van der Waals surface area contributed by atoms with Crippen LogP contribution in [0.2, 0.25) is 0 Å². The largest absolute Gasteiger partial charge is 0.455 e. The molecule has 0 bridgehead atoms. The molecule has 4 heterocycles. The lowest BCUT2D eigenvalue weighted by Gasteiger charge is -2.27. The van der Waals surface area contributed by atoms with Crippen LogP contribution in [0, 0.1) is 0 Å². The molecule has 0 fully saturated rings. The second-order valence-electron chi connectivity index (χ2n) is 29.0. The van der Waals surface area contributed by atoms with Crippen LogP contribution >= 0.6 is 0 Å². The molecule has 6 nitrogen and oxygen atoms in total. The number of hydrogen-bond acceptors (Lipinski definition) is 6. The summed E-state index contributed by atoms with van der Waals surface area (Å²) in [5.74, 6) is 0. The topological polar surface area (TPSA) is 59.0 Å². The summed E-state index contributed by atoms with van der Waals surface area (Å²) in [4.78, 5) is 4.68. The Bertz CT molecular complexity index is 6910. The zero-order valence-corrected chi connectivity index (χ0v) is 61.9. The quantitative estimate of drug-likeness (QED) is 0.108. The fraction of sp³-hybridized carbons (Fsp3) is 0. The van der Waals surface area contributed by atoms with Gasteiger partial charge in [0.2, 0.25) is 0 Å². The van der Waals surface area contributed by atoms with E-state index in [0.29, 0.717) is 0 Å². The molecule has 0 aliphatic rings. The summed E-state index contributed by atoms with van der Waals surface area (Å²) in [7, 11) is 0. The molecule has 0 N–H and O–H groups in total. The minimum Gasteiger partial charge on any atom is -0.455 e. The molecule has 0 aliphatic heterocycles. The van der Waals surface area contributed by atoms with Gasteiger partial charge in [0.05, 0.1) is 0 Å². The van der Waals surface area contributed by atoms with Crippen molar-refractivity contribution in [3.63, 3.8) is 0 Å². The van der Waals surface area contributed by atoms with Crippen LogP contribution in [0.3, 0.4) is 0 Å². The number of fused-ring (bicyclic) bond motifs is 12. The number of anilines is 6. The molecule has 22 aromatic rings. The van der Waals surface area contributed by atoms with Gasteiger partial charge < -0.3 is 27.5 Å². The minimum atomic E-state index is 0.898. The van der Waals surface area contributed by atoms with Crippen LogP contribution in [0.25, 0.3) is 177 Å². The van der Waals surface area contributed by atoms with E-state index in [1.165, 1.54) is 33.4 Å². The SMILES string of the molecule is c1ccc(-c2cc(-c3ccccc3)cc(N(c3ccc(-c4cccc5c4oc4ccccc45)cc3)c3ccc(-c4cccc5c4oc4ccccc45)cc3)c2)cc1.c1ccc(-c2ccc(-c3ccc(N(c4ccc(-c5cccc6c5oc5ccccc56)cc4)c4ccc(-c5cccc6c5oc5ccccc56)cc4)cc3)cc2)cc1. The summed E-state index contributed by atoms with van der Waals surface area (Å²) in [5.41, 5.74) is 31.7. The molecule has 0 atom stereocenters. The molecule has 0 saturated carbocycles. The Kier molecular flexibility index (Phi) is 16.8. The zero-order valence-electron chi connectivity index (χ0n) is 61.9. The van der Waals surface area contributed by atoms with Crippen LogP contribution in [0.15, 0.2) is 442 Å². The normalized spacial score (nSPS) is 11.5. The molecular weight excluding hydrogens is 1390 g/mol. The molecule has 4 aromatic heterocycles. The summed E-state index contributed by atoms with van der Waals surface area (Å²) in [6.07, 6.45) is 0. The molecule has 0 amide bonds. The Labute approximate surface area is 658 Å². The van der Waals surface area contributed by atoms with Gasteiger partial charge in [-0.05, 0) is 170 Å². The standard InChI is InChI=1S/2C54H35NO2/c1-3-13-36(14-4-1)40-33-41(37-15-5-2-6-16-37)35-44(34-40)55(42-29-25-38(26-30-42)45-19-11-21-49-47-17-7-9-23-51(47)56-53(45)49)43-31-27-39(28-32-43)46-20-12-22-50-48-18-8-10-24-52(48)57-54(46)50;1-2-10-36(11-3-1)37-20-22-38(23-21-37)39-24-30-42(31-25-39)55(43-32-26-40(27-33-43)45-14-8-16-49-47-12-4-6-18-51(47)56-53(45)49)44-34-28-41(29-35-44)46-15-9-17-50-48-13-5-7-19-52(48)57-54(46)50/h2*1-35H. The van der Waals surface area contributed by atoms with Gasteiger partial charge in [0.15, 0.2) is 0 Å². The Morgan fingerprint density at radius 1 is 0.132 bits per heavy atom. The van der Waals surface area contributed by atoms with Gasteiger partial charge in [-0.1, -0.05) is 322 Å². The Morgan fingerprint density at radius 2 is 0.333 bits per heavy atom. The van der Waals surface area contributed by atoms with E-state index in [0.717, 1.165) is 178 Å². The molecule has 0 spiro atoms. The number of benzene rings is 18. The van der Waals surface area contributed by atoms with Gasteiger partial charge >= 0.3 is 0 Å². The van der Waals surface area contributed by atoms with Crippen molar-refractivity contribution in [2.45, 2.75) is 0 Å². The number of para-hydroxylation sites is 8.